The summed E-state index contributed by atoms with van der Waals surface area (Å²) in [7, 11) is 1.72. The Bertz CT molecular complexity index is 1060. The summed E-state index contributed by atoms with van der Waals surface area (Å²) in [5.41, 5.74) is 3.75. The Morgan fingerprint density at radius 3 is 2.48 bits per heavy atom. The van der Waals surface area contributed by atoms with Crippen molar-refractivity contribution >= 4 is 5.69 Å². The Kier molecular flexibility index (Phi) is 5.53. The van der Waals surface area contributed by atoms with E-state index in [9.17, 15) is 0 Å². The predicted molar refractivity (Wildman–Crippen MR) is 123 cm³/mol. The molecule has 3 aromatic carbocycles. The standard InChI is InChI=1S/C27H27NO3/c1-29-21-10-5-7-19(17-21)27-24-12-6-11-23(24)25-18-22(13-14-26(25)28-27)31-16-15-30-20-8-3-2-4-9-20/h2-11,13-14,17-18,23-24,27-28H,12,15-16H2,1H3. The van der Waals surface area contributed by atoms with Gasteiger partial charge in [0.05, 0.1) is 13.2 Å². The number of rotatable bonds is 7. The van der Waals surface area contributed by atoms with Gasteiger partial charge in [0.25, 0.3) is 0 Å². The number of fused-ring (bicyclic) bond motifs is 3. The molecule has 4 heteroatoms. The lowest BCUT2D eigenvalue weighted by Gasteiger charge is -2.37. The molecule has 1 aliphatic carbocycles. The van der Waals surface area contributed by atoms with Crippen LogP contribution in [0.3, 0.4) is 0 Å². The summed E-state index contributed by atoms with van der Waals surface area (Å²) in [5.74, 6) is 3.52. The first-order valence-corrected chi connectivity index (χ1v) is 10.8. The van der Waals surface area contributed by atoms with Crippen LogP contribution in [-0.2, 0) is 0 Å². The molecule has 3 atom stereocenters. The maximum Gasteiger partial charge on any atom is 0.122 e. The van der Waals surface area contributed by atoms with Gasteiger partial charge < -0.3 is 19.5 Å². The number of hydrogen-bond donors (Lipinski definition) is 1. The predicted octanol–water partition coefficient (Wildman–Crippen LogP) is 5.98. The Hall–Kier alpha value is -3.40. The molecule has 2 aliphatic rings. The van der Waals surface area contributed by atoms with Crippen molar-refractivity contribution in [1.82, 2.24) is 0 Å². The minimum atomic E-state index is 0.258. The van der Waals surface area contributed by atoms with Gasteiger partial charge in [0.15, 0.2) is 0 Å². The number of anilines is 1. The van der Waals surface area contributed by atoms with Crippen LogP contribution in [0.1, 0.15) is 29.5 Å². The van der Waals surface area contributed by atoms with Crippen LogP contribution >= 0.6 is 0 Å². The number of benzene rings is 3. The van der Waals surface area contributed by atoms with E-state index in [2.05, 4.69) is 47.8 Å². The Morgan fingerprint density at radius 1 is 0.839 bits per heavy atom. The van der Waals surface area contributed by atoms with E-state index in [1.54, 1.807) is 7.11 Å². The summed E-state index contributed by atoms with van der Waals surface area (Å²) < 4.78 is 17.2. The van der Waals surface area contributed by atoms with Crippen LogP contribution in [0.15, 0.2) is 84.9 Å². The highest BCUT2D eigenvalue weighted by molar-refractivity contribution is 5.62. The number of hydrogen-bond acceptors (Lipinski definition) is 4. The maximum atomic E-state index is 5.99. The molecular weight excluding hydrogens is 386 g/mol. The van der Waals surface area contributed by atoms with Gasteiger partial charge >= 0.3 is 0 Å². The molecule has 0 aromatic heterocycles. The third kappa shape index (κ3) is 4.11. The highest BCUT2D eigenvalue weighted by atomic mass is 16.5. The first-order valence-electron chi connectivity index (χ1n) is 10.8. The molecule has 4 nitrogen and oxygen atoms in total. The van der Waals surface area contributed by atoms with Gasteiger partial charge in [-0.05, 0) is 65.9 Å². The zero-order valence-electron chi connectivity index (χ0n) is 17.7. The molecule has 0 bridgehead atoms. The molecule has 1 aliphatic heterocycles. The van der Waals surface area contributed by atoms with Crippen molar-refractivity contribution in [2.75, 3.05) is 25.6 Å². The van der Waals surface area contributed by atoms with Crippen LogP contribution < -0.4 is 19.5 Å². The molecule has 158 valence electrons. The molecule has 5 rings (SSSR count). The van der Waals surface area contributed by atoms with Gasteiger partial charge in [-0.2, -0.15) is 0 Å². The third-order valence-corrected chi connectivity index (χ3v) is 6.15. The quantitative estimate of drug-likeness (QED) is 0.382. The van der Waals surface area contributed by atoms with E-state index in [1.165, 1.54) is 16.8 Å². The smallest absolute Gasteiger partial charge is 0.122 e. The Balaban J connectivity index is 1.30. The zero-order valence-corrected chi connectivity index (χ0v) is 17.7. The molecule has 0 radical (unpaired) electrons. The summed E-state index contributed by atoms with van der Waals surface area (Å²) >= 11 is 0. The van der Waals surface area contributed by atoms with E-state index in [-0.39, 0.29) is 6.04 Å². The van der Waals surface area contributed by atoms with E-state index in [4.69, 9.17) is 14.2 Å². The lowest BCUT2D eigenvalue weighted by molar-refractivity contribution is 0.217. The first kappa shape index (κ1) is 19.6. The molecule has 0 fully saturated rings. The molecule has 3 aromatic rings. The molecule has 3 unspecified atom stereocenters. The zero-order chi connectivity index (χ0) is 21.0. The van der Waals surface area contributed by atoms with E-state index < -0.39 is 0 Å². The van der Waals surface area contributed by atoms with E-state index in [1.807, 2.05) is 42.5 Å². The van der Waals surface area contributed by atoms with Crippen molar-refractivity contribution < 1.29 is 14.2 Å². The fraction of sp³-hybridized carbons (Fsp3) is 0.259. The molecular formula is C27H27NO3. The molecule has 1 N–H and O–H groups in total. The highest BCUT2D eigenvalue weighted by Crippen LogP contribution is 2.50. The molecule has 0 amide bonds. The molecule has 31 heavy (non-hydrogen) atoms. The summed E-state index contributed by atoms with van der Waals surface area (Å²) in [6.07, 6.45) is 5.72. The monoisotopic (exact) mass is 413 g/mol. The number of ether oxygens (including phenoxy) is 3. The molecule has 0 saturated carbocycles. The normalized spacial score (nSPS) is 21.0. The van der Waals surface area contributed by atoms with Gasteiger partial charge in [-0.3, -0.25) is 0 Å². The largest absolute Gasteiger partial charge is 0.497 e. The minimum Gasteiger partial charge on any atom is -0.497 e. The third-order valence-electron chi connectivity index (χ3n) is 6.15. The van der Waals surface area contributed by atoms with Gasteiger partial charge in [-0.25, -0.2) is 0 Å². The number of nitrogens with one attached hydrogen (secondary N) is 1. The fourth-order valence-corrected chi connectivity index (χ4v) is 4.66. The van der Waals surface area contributed by atoms with Crippen LogP contribution in [-0.4, -0.2) is 20.3 Å². The van der Waals surface area contributed by atoms with Gasteiger partial charge in [-0.1, -0.05) is 42.5 Å². The SMILES string of the molecule is COc1cccc(C2Nc3ccc(OCCOc4ccccc4)cc3C3C=CCC32)c1. The van der Waals surface area contributed by atoms with E-state index in [0.717, 1.165) is 23.7 Å². The maximum absolute atomic E-state index is 5.99. The minimum absolute atomic E-state index is 0.258. The van der Waals surface area contributed by atoms with Gasteiger partial charge in [-0.15, -0.1) is 0 Å². The fourth-order valence-electron chi connectivity index (χ4n) is 4.66. The number of methoxy groups -OCH3 is 1. The first-order chi connectivity index (χ1) is 15.3. The topological polar surface area (TPSA) is 39.7 Å². The summed E-state index contributed by atoms with van der Waals surface area (Å²) in [4.78, 5) is 0. The Labute approximate surface area is 183 Å². The van der Waals surface area contributed by atoms with Gasteiger partial charge in [0.1, 0.15) is 30.5 Å². The second kappa shape index (κ2) is 8.76. The summed E-state index contributed by atoms with van der Waals surface area (Å²) in [5, 5.41) is 3.78. The summed E-state index contributed by atoms with van der Waals surface area (Å²) in [6, 6.07) is 24.8. The van der Waals surface area contributed by atoms with Crippen molar-refractivity contribution in [3.05, 3.63) is 96.1 Å². The Morgan fingerprint density at radius 2 is 1.65 bits per heavy atom. The molecule has 0 saturated heterocycles. The average Bonchev–Trinajstić information content (AvgIpc) is 3.32. The van der Waals surface area contributed by atoms with Crippen molar-refractivity contribution in [2.24, 2.45) is 5.92 Å². The van der Waals surface area contributed by atoms with Gasteiger partial charge in [0.2, 0.25) is 0 Å². The van der Waals surface area contributed by atoms with Crippen LogP contribution in [0.25, 0.3) is 0 Å². The molecule has 0 spiro atoms. The number of allylic oxidation sites excluding steroid dienone is 2. The van der Waals surface area contributed by atoms with Gasteiger partial charge in [0, 0.05) is 11.6 Å². The van der Waals surface area contributed by atoms with Crippen molar-refractivity contribution in [1.29, 1.82) is 0 Å². The van der Waals surface area contributed by atoms with Crippen LogP contribution in [0.5, 0.6) is 17.2 Å². The highest BCUT2D eigenvalue weighted by Gasteiger charge is 2.38. The van der Waals surface area contributed by atoms with Crippen LogP contribution in [0, 0.1) is 5.92 Å². The van der Waals surface area contributed by atoms with E-state index >= 15 is 0 Å². The molecule has 1 heterocycles. The van der Waals surface area contributed by atoms with Crippen LogP contribution in [0.2, 0.25) is 0 Å². The van der Waals surface area contributed by atoms with Crippen molar-refractivity contribution in [2.45, 2.75) is 18.4 Å². The summed E-state index contributed by atoms with van der Waals surface area (Å²) in [6.45, 7) is 1.03. The van der Waals surface area contributed by atoms with E-state index in [0.29, 0.717) is 25.0 Å². The lowest BCUT2D eigenvalue weighted by atomic mass is 9.77. The lowest BCUT2D eigenvalue weighted by Crippen LogP contribution is -2.29. The van der Waals surface area contributed by atoms with Crippen LogP contribution in [0.4, 0.5) is 5.69 Å². The average molecular weight is 414 g/mol. The second-order valence-corrected chi connectivity index (χ2v) is 8.01. The second-order valence-electron chi connectivity index (χ2n) is 8.01. The van der Waals surface area contributed by atoms with Crippen molar-refractivity contribution in [3.63, 3.8) is 0 Å². The number of para-hydroxylation sites is 1. The van der Waals surface area contributed by atoms with Crippen molar-refractivity contribution in [3.8, 4) is 17.2 Å².